The Balaban J connectivity index is 1.59. The molecule has 2 fully saturated rings. The third-order valence-corrected chi connectivity index (χ3v) is 14.0. The van der Waals surface area contributed by atoms with Gasteiger partial charge in [0.15, 0.2) is 0 Å². The van der Waals surface area contributed by atoms with E-state index < -0.39 is 5.60 Å². The lowest BCUT2D eigenvalue weighted by molar-refractivity contribution is -0.167. The van der Waals surface area contributed by atoms with Crippen molar-refractivity contribution in [3.8, 4) is 0 Å². The second-order valence-electron chi connectivity index (χ2n) is 15.0. The van der Waals surface area contributed by atoms with E-state index in [2.05, 4.69) is 57.5 Å². The van der Waals surface area contributed by atoms with Crippen LogP contribution in [0.3, 0.4) is 0 Å². The molecule has 3 nitrogen and oxygen atoms in total. The van der Waals surface area contributed by atoms with Crippen LogP contribution in [0.25, 0.3) is 0 Å². The predicted octanol–water partition coefficient (Wildman–Crippen LogP) is 8.62. The number of ether oxygens (including phenoxy) is 1. The van der Waals surface area contributed by atoms with Crippen LogP contribution in [0.1, 0.15) is 127 Å². The normalized spacial score (nSPS) is 41.7. The average Bonchev–Trinajstić information content (AvgIpc) is 3.04. The Morgan fingerprint density at radius 3 is 2.31 bits per heavy atom. The standard InChI is InChI=1S/C32H53BrO3/c1-20(10-13-26(33)29(5,6)35)22-14-18-32(9)24-11-12-25-28(3,4)27(36-21(2)34)16-17-30(25,7)23(24)15-19-31(22,32)8/h20,22,25-27,35H,10-19H2,1-9H3/t20-,22?,25?,26?,27+,30-,31-,32+/m1/s1. The molecule has 1 N–H and O–H groups in total. The number of alkyl halides is 1. The molecule has 4 aliphatic carbocycles. The monoisotopic (exact) mass is 564 g/mol. The van der Waals surface area contributed by atoms with E-state index in [1.54, 1.807) is 12.5 Å². The molecule has 0 aromatic rings. The predicted molar refractivity (Wildman–Crippen MR) is 152 cm³/mol. The zero-order chi connectivity index (χ0) is 26.9. The van der Waals surface area contributed by atoms with Gasteiger partial charge in [-0.2, -0.15) is 0 Å². The number of halogens is 1. The summed E-state index contributed by atoms with van der Waals surface area (Å²) in [7, 11) is 0. The van der Waals surface area contributed by atoms with Gasteiger partial charge >= 0.3 is 5.97 Å². The summed E-state index contributed by atoms with van der Waals surface area (Å²) in [6.07, 6.45) is 12.0. The number of rotatable bonds is 6. The van der Waals surface area contributed by atoms with Crippen molar-refractivity contribution >= 4 is 21.9 Å². The first-order valence-electron chi connectivity index (χ1n) is 14.7. The van der Waals surface area contributed by atoms with Gasteiger partial charge in [-0.25, -0.2) is 0 Å². The number of carbonyl (C=O) groups excluding carboxylic acids is 1. The van der Waals surface area contributed by atoms with Gasteiger partial charge in [-0.05, 0) is 112 Å². The number of hydrogen-bond donors (Lipinski definition) is 1. The van der Waals surface area contributed by atoms with Gasteiger partial charge < -0.3 is 9.84 Å². The van der Waals surface area contributed by atoms with Gasteiger partial charge in [0.1, 0.15) is 6.10 Å². The SMILES string of the molecule is CC(=O)O[C@H]1CC[C@]2(C)C3=C(CCC2C1(C)C)[C@]1(C)CCC([C@H](C)CCC(Br)C(C)(C)O)[C@@]1(C)CC3. The van der Waals surface area contributed by atoms with Crippen molar-refractivity contribution in [2.45, 2.75) is 143 Å². The van der Waals surface area contributed by atoms with E-state index in [1.165, 1.54) is 44.9 Å². The molecule has 0 spiro atoms. The van der Waals surface area contributed by atoms with Crippen molar-refractivity contribution < 1.29 is 14.6 Å². The van der Waals surface area contributed by atoms with Crippen LogP contribution in [-0.4, -0.2) is 27.6 Å². The molecule has 4 heteroatoms. The highest BCUT2D eigenvalue weighted by Crippen LogP contribution is 2.72. The Hall–Kier alpha value is -0.350. The largest absolute Gasteiger partial charge is 0.462 e. The van der Waals surface area contributed by atoms with Crippen LogP contribution in [0.4, 0.5) is 0 Å². The quantitative estimate of drug-likeness (QED) is 0.199. The van der Waals surface area contributed by atoms with Gasteiger partial charge in [-0.15, -0.1) is 0 Å². The first kappa shape index (κ1) is 28.7. The summed E-state index contributed by atoms with van der Waals surface area (Å²) >= 11 is 3.75. The number of hydrogen-bond acceptors (Lipinski definition) is 3. The summed E-state index contributed by atoms with van der Waals surface area (Å²) in [5.74, 6) is 1.86. The summed E-state index contributed by atoms with van der Waals surface area (Å²) in [5, 5.41) is 10.4. The zero-order valence-electron chi connectivity index (χ0n) is 24.6. The van der Waals surface area contributed by atoms with E-state index in [9.17, 15) is 9.90 Å². The Kier molecular flexibility index (Phi) is 7.47. The summed E-state index contributed by atoms with van der Waals surface area (Å²) in [6, 6.07) is 0. The van der Waals surface area contributed by atoms with Gasteiger partial charge in [0.05, 0.1) is 5.60 Å². The number of carbonyl (C=O) groups is 1. The molecule has 0 aliphatic heterocycles. The first-order valence-corrected chi connectivity index (χ1v) is 15.7. The molecular formula is C32H53BrO3. The fraction of sp³-hybridized carbons (Fsp3) is 0.906. The van der Waals surface area contributed by atoms with Crippen molar-refractivity contribution in [1.29, 1.82) is 0 Å². The molecule has 0 radical (unpaired) electrons. The van der Waals surface area contributed by atoms with Crippen molar-refractivity contribution in [3.05, 3.63) is 11.1 Å². The molecule has 0 amide bonds. The van der Waals surface area contributed by atoms with Crippen LogP contribution in [-0.2, 0) is 9.53 Å². The molecule has 0 saturated heterocycles. The summed E-state index contributed by atoms with van der Waals surface area (Å²) in [4.78, 5) is 12.0. The van der Waals surface area contributed by atoms with Gasteiger partial charge in [-0.1, -0.05) is 68.6 Å². The summed E-state index contributed by atoms with van der Waals surface area (Å²) in [5.41, 5.74) is 3.85. The Morgan fingerprint density at radius 2 is 1.69 bits per heavy atom. The van der Waals surface area contributed by atoms with Crippen molar-refractivity contribution in [2.24, 2.45) is 39.4 Å². The first-order chi connectivity index (χ1) is 16.5. The molecular weight excluding hydrogens is 512 g/mol. The van der Waals surface area contributed by atoms with Gasteiger partial charge in [0, 0.05) is 17.2 Å². The minimum atomic E-state index is -0.672. The van der Waals surface area contributed by atoms with Crippen molar-refractivity contribution in [3.63, 3.8) is 0 Å². The molecule has 0 aromatic carbocycles. The van der Waals surface area contributed by atoms with Crippen LogP contribution in [0.15, 0.2) is 11.1 Å². The molecule has 8 atom stereocenters. The lowest BCUT2D eigenvalue weighted by Gasteiger charge is -2.62. The maximum Gasteiger partial charge on any atom is 0.302 e. The maximum absolute atomic E-state index is 11.8. The number of esters is 1. The minimum absolute atomic E-state index is 0.0122. The second-order valence-corrected chi connectivity index (χ2v) is 16.1. The molecule has 0 heterocycles. The van der Waals surface area contributed by atoms with Crippen LogP contribution in [0.5, 0.6) is 0 Å². The fourth-order valence-electron chi connectivity index (χ4n) is 9.99. The van der Waals surface area contributed by atoms with E-state index in [1.807, 2.05) is 19.4 Å². The minimum Gasteiger partial charge on any atom is -0.462 e. The molecule has 36 heavy (non-hydrogen) atoms. The van der Waals surface area contributed by atoms with Gasteiger partial charge in [0.2, 0.25) is 0 Å². The zero-order valence-corrected chi connectivity index (χ0v) is 26.2. The molecule has 3 unspecified atom stereocenters. The lowest BCUT2D eigenvalue weighted by Crippen LogP contribution is -2.55. The van der Waals surface area contributed by atoms with E-state index in [4.69, 9.17) is 4.74 Å². The van der Waals surface area contributed by atoms with Gasteiger partial charge in [-0.3, -0.25) is 4.79 Å². The summed E-state index contributed by atoms with van der Waals surface area (Å²) in [6.45, 7) is 20.4. The van der Waals surface area contributed by atoms with Crippen LogP contribution < -0.4 is 0 Å². The summed E-state index contributed by atoms with van der Waals surface area (Å²) < 4.78 is 5.87. The Labute approximate surface area is 229 Å². The molecule has 206 valence electrons. The molecule has 4 aliphatic rings. The fourth-order valence-corrected chi connectivity index (χ4v) is 10.3. The molecule has 0 bridgehead atoms. The van der Waals surface area contributed by atoms with E-state index in [0.29, 0.717) is 22.7 Å². The van der Waals surface area contributed by atoms with E-state index in [0.717, 1.165) is 25.2 Å². The number of fused-ring (bicyclic) bond motifs is 4. The second kappa shape index (κ2) is 9.39. The molecule has 2 saturated carbocycles. The molecule has 4 rings (SSSR count). The van der Waals surface area contributed by atoms with Crippen molar-refractivity contribution in [2.75, 3.05) is 0 Å². The van der Waals surface area contributed by atoms with Gasteiger partial charge in [0.25, 0.3) is 0 Å². The third-order valence-electron chi connectivity index (χ3n) is 12.4. The van der Waals surface area contributed by atoms with Crippen LogP contribution in [0.2, 0.25) is 0 Å². The number of allylic oxidation sites excluding steroid dienone is 2. The highest BCUT2D eigenvalue weighted by Gasteiger charge is 2.63. The highest BCUT2D eigenvalue weighted by atomic mass is 79.9. The van der Waals surface area contributed by atoms with Crippen molar-refractivity contribution in [1.82, 2.24) is 0 Å². The Morgan fingerprint density at radius 1 is 1.03 bits per heavy atom. The van der Waals surface area contributed by atoms with Crippen LogP contribution >= 0.6 is 15.9 Å². The maximum atomic E-state index is 11.8. The topological polar surface area (TPSA) is 46.5 Å². The highest BCUT2D eigenvalue weighted by molar-refractivity contribution is 9.09. The lowest BCUT2D eigenvalue weighted by atomic mass is 9.43. The molecule has 0 aromatic heterocycles. The van der Waals surface area contributed by atoms with Crippen LogP contribution in [0, 0.1) is 39.4 Å². The Bertz CT molecular complexity index is 900. The van der Waals surface area contributed by atoms with E-state index in [-0.39, 0.29) is 27.7 Å². The third kappa shape index (κ3) is 4.37. The number of aliphatic hydroxyl groups is 1. The van der Waals surface area contributed by atoms with E-state index >= 15 is 0 Å². The smallest absolute Gasteiger partial charge is 0.302 e. The average molecular weight is 566 g/mol.